The van der Waals surface area contributed by atoms with E-state index in [4.69, 9.17) is 5.73 Å². The molecule has 0 amide bonds. The van der Waals surface area contributed by atoms with E-state index >= 15 is 0 Å². The van der Waals surface area contributed by atoms with Gasteiger partial charge in [-0.2, -0.15) is 5.10 Å². The number of aromatic nitrogens is 3. The molecule has 0 aliphatic heterocycles. The molecule has 3 aromatic rings. The zero-order chi connectivity index (χ0) is 11.0. The first-order valence-electron chi connectivity index (χ1n) is 4.99. The number of rotatable bonds is 1. The van der Waals surface area contributed by atoms with Crippen molar-refractivity contribution in [2.45, 2.75) is 0 Å². The normalized spacial score (nSPS) is 10.8. The number of pyridine rings is 1. The van der Waals surface area contributed by atoms with Gasteiger partial charge in [0.25, 0.3) is 0 Å². The molecule has 78 valence electrons. The molecule has 0 saturated carbocycles. The number of benzene rings is 1. The molecule has 2 aromatic heterocycles. The van der Waals surface area contributed by atoms with Crippen molar-refractivity contribution in [3.8, 4) is 5.69 Å². The molecule has 4 nitrogen and oxygen atoms in total. The molecule has 0 radical (unpaired) electrons. The lowest BCUT2D eigenvalue weighted by Gasteiger charge is -2.02. The molecular weight excluding hydrogens is 200 g/mol. The van der Waals surface area contributed by atoms with Crippen LogP contribution in [0, 0.1) is 0 Å². The van der Waals surface area contributed by atoms with Crippen LogP contribution >= 0.6 is 0 Å². The van der Waals surface area contributed by atoms with E-state index in [9.17, 15) is 0 Å². The summed E-state index contributed by atoms with van der Waals surface area (Å²) in [5, 5.41) is 5.44. The number of nitrogens with zero attached hydrogens (tertiary/aromatic N) is 3. The van der Waals surface area contributed by atoms with Crippen molar-refractivity contribution in [2.75, 3.05) is 5.73 Å². The van der Waals surface area contributed by atoms with Crippen molar-refractivity contribution in [3.63, 3.8) is 0 Å². The summed E-state index contributed by atoms with van der Waals surface area (Å²) in [7, 11) is 0. The van der Waals surface area contributed by atoms with E-state index < -0.39 is 0 Å². The molecule has 0 saturated heterocycles. The largest absolute Gasteiger partial charge is 0.384 e. The molecular formula is C12H10N4. The topological polar surface area (TPSA) is 56.7 Å². The Balaban J connectivity index is 2.22. The minimum Gasteiger partial charge on any atom is -0.384 e. The molecule has 0 unspecified atom stereocenters. The van der Waals surface area contributed by atoms with Crippen LogP contribution in [0.15, 0.2) is 48.8 Å². The SMILES string of the molecule is Nc1ccc(-n2ncc3ccccc32)cn1. The smallest absolute Gasteiger partial charge is 0.123 e. The maximum atomic E-state index is 5.55. The Hall–Kier alpha value is -2.36. The highest BCUT2D eigenvalue weighted by Gasteiger charge is 2.03. The second-order valence-electron chi connectivity index (χ2n) is 3.56. The molecule has 0 aliphatic rings. The molecule has 16 heavy (non-hydrogen) atoms. The van der Waals surface area contributed by atoms with Crippen molar-refractivity contribution in [1.82, 2.24) is 14.8 Å². The number of nitrogen functional groups attached to an aromatic ring is 1. The van der Waals surface area contributed by atoms with Crippen LogP contribution in [-0.4, -0.2) is 14.8 Å². The third kappa shape index (κ3) is 1.32. The van der Waals surface area contributed by atoms with Gasteiger partial charge in [0.05, 0.1) is 23.6 Å². The van der Waals surface area contributed by atoms with Gasteiger partial charge in [-0.05, 0) is 18.2 Å². The number of fused-ring (bicyclic) bond motifs is 1. The lowest BCUT2D eigenvalue weighted by Crippen LogP contribution is -1.98. The van der Waals surface area contributed by atoms with E-state index in [2.05, 4.69) is 10.1 Å². The maximum absolute atomic E-state index is 5.55. The van der Waals surface area contributed by atoms with E-state index in [1.54, 1.807) is 12.3 Å². The van der Waals surface area contributed by atoms with Crippen LogP contribution in [0.2, 0.25) is 0 Å². The van der Waals surface area contributed by atoms with Crippen LogP contribution in [0.4, 0.5) is 5.82 Å². The van der Waals surface area contributed by atoms with Crippen LogP contribution in [-0.2, 0) is 0 Å². The predicted octanol–water partition coefficient (Wildman–Crippen LogP) is 2.00. The van der Waals surface area contributed by atoms with Gasteiger partial charge < -0.3 is 5.73 Å². The third-order valence-electron chi connectivity index (χ3n) is 2.49. The fraction of sp³-hybridized carbons (Fsp3) is 0. The van der Waals surface area contributed by atoms with Crippen molar-refractivity contribution < 1.29 is 0 Å². The minimum atomic E-state index is 0.514. The van der Waals surface area contributed by atoms with Gasteiger partial charge in [0.15, 0.2) is 0 Å². The summed E-state index contributed by atoms with van der Waals surface area (Å²) >= 11 is 0. The average Bonchev–Trinajstić information content (AvgIpc) is 2.74. The molecule has 1 aromatic carbocycles. The highest BCUT2D eigenvalue weighted by molar-refractivity contribution is 5.80. The first kappa shape index (κ1) is 8.91. The van der Waals surface area contributed by atoms with Crippen LogP contribution in [0.25, 0.3) is 16.6 Å². The Morgan fingerprint density at radius 2 is 1.88 bits per heavy atom. The summed E-state index contributed by atoms with van der Waals surface area (Å²) in [5.74, 6) is 0.514. The fourth-order valence-corrected chi connectivity index (χ4v) is 1.70. The summed E-state index contributed by atoms with van der Waals surface area (Å²) in [5.41, 5.74) is 7.53. The summed E-state index contributed by atoms with van der Waals surface area (Å²) in [4.78, 5) is 4.06. The van der Waals surface area contributed by atoms with Crippen molar-refractivity contribution in [3.05, 3.63) is 48.8 Å². The van der Waals surface area contributed by atoms with Crippen molar-refractivity contribution in [1.29, 1.82) is 0 Å². The molecule has 3 rings (SSSR count). The Morgan fingerprint density at radius 3 is 2.69 bits per heavy atom. The lowest BCUT2D eigenvalue weighted by atomic mass is 10.2. The van der Waals surface area contributed by atoms with Gasteiger partial charge in [-0.1, -0.05) is 18.2 Å². The van der Waals surface area contributed by atoms with Gasteiger partial charge in [0.1, 0.15) is 5.82 Å². The van der Waals surface area contributed by atoms with Crippen LogP contribution in [0.5, 0.6) is 0 Å². The number of para-hydroxylation sites is 1. The number of nitrogens with two attached hydrogens (primary N) is 1. The fourth-order valence-electron chi connectivity index (χ4n) is 1.70. The van der Waals surface area contributed by atoms with Gasteiger partial charge in [0.2, 0.25) is 0 Å². The second-order valence-corrected chi connectivity index (χ2v) is 3.56. The molecule has 2 N–H and O–H groups in total. The zero-order valence-corrected chi connectivity index (χ0v) is 8.54. The summed E-state index contributed by atoms with van der Waals surface area (Å²) < 4.78 is 1.85. The van der Waals surface area contributed by atoms with Crippen LogP contribution in [0.1, 0.15) is 0 Å². The van der Waals surface area contributed by atoms with Gasteiger partial charge in [0, 0.05) is 5.39 Å². The molecule has 0 fully saturated rings. The third-order valence-corrected chi connectivity index (χ3v) is 2.49. The second kappa shape index (κ2) is 3.34. The van der Waals surface area contributed by atoms with Gasteiger partial charge in [-0.25, -0.2) is 9.67 Å². The molecule has 4 heteroatoms. The van der Waals surface area contributed by atoms with Gasteiger partial charge in [-0.3, -0.25) is 0 Å². The highest BCUT2D eigenvalue weighted by Crippen LogP contribution is 2.17. The van der Waals surface area contributed by atoms with Gasteiger partial charge >= 0.3 is 0 Å². The van der Waals surface area contributed by atoms with E-state index in [0.717, 1.165) is 16.6 Å². The molecule has 2 heterocycles. The molecule has 0 aliphatic carbocycles. The number of anilines is 1. The van der Waals surface area contributed by atoms with E-state index in [0.29, 0.717) is 5.82 Å². The quantitative estimate of drug-likeness (QED) is 0.668. The Bertz CT molecular complexity index is 625. The van der Waals surface area contributed by atoms with E-state index in [1.165, 1.54) is 0 Å². The first-order chi connectivity index (χ1) is 7.84. The summed E-state index contributed by atoms with van der Waals surface area (Å²) in [6.45, 7) is 0. The number of hydrogen-bond acceptors (Lipinski definition) is 3. The first-order valence-corrected chi connectivity index (χ1v) is 4.99. The van der Waals surface area contributed by atoms with Crippen LogP contribution < -0.4 is 5.73 Å². The van der Waals surface area contributed by atoms with E-state index in [1.807, 2.05) is 41.2 Å². The molecule has 0 bridgehead atoms. The minimum absolute atomic E-state index is 0.514. The predicted molar refractivity (Wildman–Crippen MR) is 63.3 cm³/mol. The Labute approximate surface area is 92.3 Å². The molecule has 0 spiro atoms. The van der Waals surface area contributed by atoms with Gasteiger partial charge in [-0.15, -0.1) is 0 Å². The maximum Gasteiger partial charge on any atom is 0.123 e. The van der Waals surface area contributed by atoms with E-state index in [-0.39, 0.29) is 0 Å². The zero-order valence-electron chi connectivity index (χ0n) is 8.54. The monoisotopic (exact) mass is 210 g/mol. The van der Waals surface area contributed by atoms with Crippen LogP contribution in [0.3, 0.4) is 0 Å². The Morgan fingerprint density at radius 1 is 1.00 bits per heavy atom. The van der Waals surface area contributed by atoms with Crippen molar-refractivity contribution in [2.24, 2.45) is 0 Å². The standard InChI is InChI=1S/C12H10N4/c13-12-6-5-10(8-14-12)16-11-4-2-1-3-9(11)7-15-16/h1-8H,(H2,13,14). The Kier molecular flexibility index (Phi) is 1.86. The number of hydrogen-bond donors (Lipinski definition) is 1. The van der Waals surface area contributed by atoms with Crippen molar-refractivity contribution >= 4 is 16.7 Å². The highest BCUT2D eigenvalue weighted by atomic mass is 15.3. The summed E-state index contributed by atoms with van der Waals surface area (Å²) in [6, 6.07) is 11.7. The lowest BCUT2D eigenvalue weighted by molar-refractivity contribution is 0.904. The summed E-state index contributed by atoms with van der Waals surface area (Å²) in [6.07, 6.45) is 3.56. The molecule has 0 atom stereocenters. The average molecular weight is 210 g/mol.